The molecule has 0 aliphatic carbocycles. The van der Waals surface area contributed by atoms with Crippen LogP contribution in [0.2, 0.25) is 0 Å². The molecule has 2 saturated heterocycles. The third-order valence-corrected chi connectivity index (χ3v) is 7.41. The Kier molecular flexibility index (Phi) is 7.13. The van der Waals surface area contributed by atoms with Crippen LogP contribution in [0.3, 0.4) is 0 Å². The second kappa shape index (κ2) is 10.4. The second-order valence-corrected chi connectivity index (χ2v) is 9.99. The first-order valence-corrected chi connectivity index (χ1v) is 12.5. The Labute approximate surface area is 216 Å². The molecular weight excluding hydrogens is 507 g/mol. The molecule has 3 aromatic rings. The van der Waals surface area contributed by atoms with Crippen molar-refractivity contribution >= 4 is 6.03 Å². The lowest BCUT2D eigenvalue weighted by molar-refractivity contribution is -0.137. The van der Waals surface area contributed by atoms with E-state index in [-0.39, 0.29) is 29.1 Å². The minimum absolute atomic E-state index is 0.129. The summed E-state index contributed by atoms with van der Waals surface area (Å²) in [6, 6.07) is 9.68. The van der Waals surface area contributed by atoms with Gasteiger partial charge in [0, 0.05) is 55.3 Å². The number of aliphatic hydroxyl groups excluding tert-OH is 1. The number of carbonyl (C=O) groups excluding carboxylic acids is 1. The Balaban J connectivity index is 1.42. The fraction of sp³-hybridized carbons (Fsp3) is 0.407. The number of aromatic amines is 1. The van der Waals surface area contributed by atoms with E-state index in [1.54, 1.807) is 15.9 Å². The van der Waals surface area contributed by atoms with Crippen molar-refractivity contribution in [2.45, 2.75) is 43.4 Å². The van der Waals surface area contributed by atoms with E-state index in [0.29, 0.717) is 56.7 Å². The molecule has 0 spiro atoms. The number of hydrogen-bond donors (Lipinski definition) is 2. The standard InChI is InChI=1S/C27H27F5N4O2/c28-20-5-6-22(23(29)12-20)25-13-24(33-34-25)18-11-17(16-1-3-19(4-2-16)27(30,31)32)14-36(15-18)26(38)35-9-7-21(37)8-10-35/h1-6,12-13,17-18,21,37H,7-11,14-15H2,(H,33,34). The highest BCUT2D eigenvalue weighted by molar-refractivity contribution is 5.75. The van der Waals surface area contributed by atoms with Gasteiger partial charge < -0.3 is 14.9 Å². The molecule has 2 unspecified atom stereocenters. The normalized spacial score (nSPS) is 21.1. The Bertz CT molecular complexity index is 1290. The first kappa shape index (κ1) is 26.1. The number of piperidine rings is 2. The number of H-pyrrole nitrogens is 1. The van der Waals surface area contributed by atoms with E-state index in [4.69, 9.17) is 0 Å². The van der Waals surface area contributed by atoms with Gasteiger partial charge in [-0.15, -0.1) is 0 Å². The average molecular weight is 535 g/mol. The first-order valence-electron chi connectivity index (χ1n) is 12.5. The van der Waals surface area contributed by atoms with Crippen LogP contribution in [0.1, 0.15) is 47.9 Å². The Morgan fingerprint density at radius 1 is 0.947 bits per heavy atom. The lowest BCUT2D eigenvalue weighted by Gasteiger charge is -2.41. The molecule has 5 rings (SSSR count). The van der Waals surface area contributed by atoms with Crippen LogP contribution >= 0.6 is 0 Å². The number of aliphatic hydroxyl groups is 1. The van der Waals surface area contributed by atoms with E-state index in [9.17, 15) is 31.9 Å². The summed E-state index contributed by atoms with van der Waals surface area (Å²) in [5, 5.41) is 16.9. The maximum atomic E-state index is 14.3. The largest absolute Gasteiger partial charge is 0.416 e. The molecule has 38 heavy (non-hydrogen) atoms. The van der Waals surface area contributed by atoms with Crippen molar-refractivity contribution in [3.8, 4) is 11.3 Å². The van der Waals surface area contributed by atoms with Crippen molar-refractivity contribution in [3.63, 3.8) is 0 Å². The van der Waals surface area contributed by atoms with E-state index < -0.39 is 29.5 Å². The maximum Gasteiger partial charge on any atom is 0.416 e. The third kappa shape index (κ3) is 5.52. The van der Waals surface area contributed by atoms with Crippen LogP contribution in [0.15, 0.2) is 48.5 Å². The summed E-state index contributed by atoms with van der Waals surface area (Å²) >= 11 is 0. The summed E-state index contributed by atoms with van der Waals surface area (Å²) in [5.74, 6) is -1.95. The SMILES string of the molecule is O=C(N1CCC(O)CC1)N1CC(c2ccc(C(F)(F)F)cc2)CC(c2cc(-c3ccc(F)cc3F)n[nH]2)C1. The zero-order chi connectivity index (χ0) is 27.0. The van der Waals surface area contributed by atoms with Gasteiger partial charge in [-0.25, -0.2) is 13.6 Å². The third-order valence-electron chi connectivity index (χ3n) is 7.41. The van der Waals surface area contributed by atoms with Gasteiger partial charge in [-0.2, -0.15) is 18.3 Å². The fourth-order valence-corrected chi connectivity index (χ4v) is 5.30. The van der Waals surface area contributed by atoms with E-state index in [1.165, 1.54) is 18.2 Å². The van der Waals surface area contributed by atoms with Crippen molar-refractivity contribution in [2.75, 3.05) is 26.2 Å². The van der Waals surface area contributed by atoms with Crippen molar-refractivity contribution in [1.29, 1.82) is 0 Å². The summed E-state index contributed by atoms with van der Waals surface area (Å²) in [6.07, 6.45) is -3.39. The quantitative estimate of drug-likeness (QED) is 0.435. The zero-order valence-electron chi connectivity index (χ0n) is 20.4. The topological polar surface area (TPSA) is 72.5 Å². The lowest BCUT2D eigenvalue weighted by atomic mass is 9.82. The molecule has 2 aromatic carbocycles. The Morgan fingerprint density at radius 3 is 2.29 bits per heavy atom. The monoisotopic (exact) mass is 534 g/mol. The highest BCUT2D eigenvalue weighted by Crippen LogP contribution is 2.38. The summed E-state index contributed by atoms with van der Waals surface area (Å²) in [4.78, 5) is 16.8. The van der Waals surface area contributed by atoms with Crippen molar-refractivity contribution < 1.29 is 31.9 Å². The van der Waals surface area contributed by atoms with Gasteiger partial charge in [0.05, 0.1) is 17.4 Å². The highest BCUT2D eigenvalue weighted by atomic mass is 19.4. The van der Waals surface area contributed by atoms with E-state index in [0.717, 1.165) is 24.3 Å². The molecule has 202 valence electrons. The number of benzene rings is 2. The van der Waals surface area contributed by atoms with Gasteiger partial charge in [0.2, 0.25) is 0 Å². The number of urea groups is 1. The molecule has 11 heteroatoms. The number of hydrogen-bond acceptors (Lipinski definition) is 3. The van der Waals surface area contributed by atoms with Crippen LogP contribution in [0.5, 0.6) is 0 Å². The fourth-order valence-electron chi connectivity index (χ4n) is 5.30. The predicted octanol–water partition coefficient (Wildman–Crippen LogP) is 5.52. The van der Waals surface area contributed by atoms with E-state index in [2.05, 4.69) is 10.2 Å². The van der Waals surface area contributed by atoms with Crippen LogP contribution in [-0.4, -0.2) is 63.4 Å². The van der Waals surface area contributed by atoms with E-state index in [1.807, 2.05) is 0 Å². The highest BCUT2D eigenvalue weighted by Gasteiger charge is 2.36. The number of likely N-dealkylation sites (tertiary alicyclic amines) is 2. The number of carbonyl (C=O) groups is 1. The van der Waals surface area contributed by atoms with Gasteiger partial charge in [0.1, 0.15) is 11.6 Å². The van der Waals surface area contributed by atoms with Gasteiger partial charge in [0.25, 0.3) is 0 Å². The summed E-state index contributed by atoms with van der Waals surface area (Å²) < 4.78 is 67.0. The van der Waals surface area contributed by atoms with Gasteiger partial charge in [-0.3, -0.25) is 5.10 Å². The number of amides is 2. The number of nitrogens with one attached hydrogen (secondary N) is 1. The molecule has 0 radical (unpaired) electrons. The molecule has 2 aliphatic rings. The molecule has 2 fully saturated rings. The van der Waals surface area contributed by atoms with Crippen LogP contribution < -0.4 is 0 Å². The lowest BCUT2D eigenvalue weighted by Crippen LogP contribution is -2.51. The number of nitrogens with zero attached hydrogens (tertiary/aromatic N) is 3. The van der Waals surface area contributed by atoms with Crippen molar-refractivity contribution in [3.05, 3.63) is 77.0 Å². The predicted molar refractivity (Wildman–Crippen MR) is 129 cm³/mol. The minimum atomic E-state index is -4.45. The molecule has 2 N–H and O–H groups in total. The number of aromatic nitrogens is 2. The van der Waals surface area contributed by atoms with Gasteiger partial charge in [-0.1, -0.05) is 12.1 Å². The van der Waals surface area contributed by atoms with Crippen molar-refractivity contribution in [1.82, 2.24) is 20.0 Å². The van der Waals surface area contributed by atoms with Crippen molar-refractivity contribution in [2.24, 2.45) is 0 Å². The molecule has 2 atom stereocenters. The van der Waals surface area contributed by atoms with E-state index >= 15 is 0 Å². The van der Waals surface area contributed by atoms with Crippen LogP contribution in [0, 0.1) is 11.6 Å². The number of alkyl halides is 3. The maximum absolute atomic E-state index is 14.3. The van der Waals surface area contributed by atoms with Crippen LogP contribution in [0.4, 0.5) is 26.7 Å². The van der Waals surface area contributed by atoms with Crippen LogP contribution in [0.25, 0.3) is 11.3 Å². The second-order valence-electron chi connectivity index (χ2n) is 9.99. The van der Waals surface area contributed by atoms with Gasteiger partial charge in [0.15, 0.2) is 0 Å². The van der Waals surface area contributed by atoms with Crippen LogP contribution in [-0.2, 0) is 6.18 Å². The summed E-state index contributed by atoms with van der Waals surface area (Å²) in [5.41, 5.74) is 1.000. The molecule has 0 saturated carbocycles. The average Bonchev–Trinajstić information content (AvgIpc) is 3.38. The molecule has 2 amide bonds. The van der Waals surface area contributed by atoms with Gasteiger partial charge >= 0.3 is 12.2 Å². The number of rotatable bonds is 3. The first-order chi connectivity index (χ1) is 18.1. The number of halogens is 5. The Hall–Kier alpha value is -3.47. The smallest absolute Gasteiger partial charge is 0.393 e. The Morgan fingerprint density at radius 2 is 1.63 bits per heavy atom. The molecular formula is C27H27F5N4O2. The zero-order valence-corrected chi connectivity index (χ0v) is 20.4. The molecule has 0 bridgehead atoms. The molecule has 1 aromatic heterocycles. The van der Waals surface area contributed by atoms with Gasteiger partial charge in [-0.05, 0) is 55.2 Å². The summed E-state index contributed by atoms with van der Waals surface area (Å²) in [7, 11) is 0. The summed E-state index contributed by atoms with van der Waals surface area (Å²) in [6.45, 7) is 1.50. The molecule has 6 nitrogen and oxygen atoms in total. The molecule has 2 aliphatic heterocycles. The minimum Gasteiger partial charge on any atom is -0.393 e. The molecule has 3 heterocycles.